The summed E-state index contributed by atoms with van der Waals surface area (Å²) in [4.78, 5) is 3.90. The quantitative estimate of drug-likeness (QED) is 0.754. The summed E-state index contributed by atoms with van der Waals surface area (Å²) in [6, 6.07) is 3.08. The van der Waals surface area contributed by atoms with Crippen molar-refractivity contribution in [3.63, 3.8) is 0 Å². The van der Waals surface area contributed by atoms with Gasteiger partial charge in [0.1, 0.15) is 0 Å². The van der Waals surface area contributed by atoms with Crippen LogP contribution in [0.5, 0.6) is 0 Å². The van der Waals surface area contributed by atoms with E-state index >= 15 is 0 Å². The Morgan fingerprint density at radius 1 is 1.50 bits per heavy atom. The number of aliphatic hydroxyl groups is 1. The summed E-state index contributed by atoms with van der Waals surface area (Å²) in [6.07, 6.45) is 3.63. The molecule has 1 heterocycles. The molecule has 0 aromatic carbocycles. The highest BCUT2D eigenvalue weighted by molar-refractivity contribution is 5.36. The molecule has 76 valence electrons. The normalized spacial score (nSPS) is 26.4. The van der Waals surface area contributed by atoms with Crippen molar-refractivity contribution in [3.8, 4) is 0 Å². The maximum Gasteiger partial charge on any atom is 0.165 e. The average Bonchev–Trinajstić information content (AvgIpc) is 2.56. The van der Waals surface area contributed by atoms with E-state index in [4.69, 9.17) is 0 Å². The van der Waals surface area contributed by atoms with Crippen LogP contribution >= 0.6 is 0 Å². The summed E-state index contributed by atoms with van der Waals surface area (Å²) in [5.74, 6) is -0.0551. The number of anilines is 1. The van der Waals surface area contributed by atoms with E-state index < -0.39 is 0 Å². The summed E-state index contributed by atoms with van der Waals surface area (Å²) in [5.41, 5.74) is 0. The smallest absolute Gasteiger partial charge is 0.165 e. The van der Waals surface area contributed by atoms with Gasteiger partial charge in [-0.05, 0) is 31.4 Å². The van der Waals surface area contributed by atoms with Gasteiger partial charge in [-0.2, -0.15) is 0 Å². The lowest BCUT2D eigenvalue weighted by Gasteiger charge is -2.12. The van der Waals surface area contributed by atoms with Crippen molar-refractivity contribution in [2.24, 2.45) is 0 Å². The van der Waals surface area contributed by atoms with Gasteiger partial charge in [0.05, 0.1) is 6.10 Å². The Balaban J connectivity index is 2.01. The van der Waals surface area contributed by atoms with Crippen molar-refractivity contribution in [2.45, 2.75) is 31.4 Å². The molecule has 0 unspecified atom stereocenters. The topological polar surface area (TPSA) is 45.1 Å². The molecule has 4 heteroatoms. The lowest BCUT2D eigenvalue weighted by atomic mass is 10.2. The van der Waals surface area contributed by atoms with Crippen molar-refractivity contribution in [1.82, 2.24) is 4.98 Å². The first-order chi connectivity index (χ1) is 6.75. The Bertz CT molecular complexity index is 319. The van der Waals surface area contributed by atoms with Gasteiger partial charge >= 0.3 is 0 Å². The number of pyridine rings is 1. The molecule has 1 aromatic rings. The summed E-state index contributed by atoms with van der Waals surface area (Å²) in [6.45, 7) is 0. The lowest BCUT2D eigenvalue weighted by Crippen LogP contribution is -2.18. The third-order valence-corrected chi connectivity index (χ3v) is 2.50. The molecule has 0 spiro atoms. The zero-order valence-corrected chi connectivity index (χ0v) is 7.78. The molecule has 0 radical (unpaired) electrons. The van der Waals surface area contributed by atoms with Crippen LogP contribution in [0, 0.1) is 5.82 Å². The standard InChI is InChI=1S/C10H13FN2O/c11-9-2-1-5-12-10(9)13-7-3-4-8(14)6-7/h1-2,5,7-8,14H,3-4,6H2,(H,12,13)/t7-,8+/m0/s1. The fraction of sp³-hybridized carbons (Fsp3) is 0.500. The molecule has 2 rings (SSSR count). The van der Waals surface area contributed by atoms with E-state index in [0.29, 0.717) is 6.42 Å². The first-order valence-electron chi connectivity index (χ1n) is 4.81. The summed E-state index contributed by atoms with van der Waals surface area (Å²) in [5, 5.41) is 12.3. The highest BCUT2D eigenvalue weighted by Crippen LogP contribution is 2.22. The van der Waals surface area contributed by atoms with E-state index in [2.05, 4.69) is 10.3 Å². The van der Waals surface area contributed by atoms with Gasteiger partial charge in [-0.15, -0.1) is 0 Å². The number of hydrogen-bond donors (Lipinski definition) is 2. The summed E-state index contributed by atoms with van der Waals surface area (Å²) in [7, 11) is 0. The summed E-state index contributed by atoms with van der Waals surface area (Å²) >= 11 is 0. The molecular formula is C10H13FN2O. The average molecular weight is 196 g/mol. The van der Waals surface area contributed by atoms with Crippen LogP contribution in [-0.2, 0) is 0 Å². The van der Waals surface area contributed by atoms with Gasteiger partial charge in [0.25, 0.3) is 0 Å². The van der Waals surface area contributed by atoms with Crippen LogP contribution in [0.25, 0.3) is 0 Å². The molecule has 1 fully saturated rings. The largest absolute Gasteiger partial charge is 0.393 e. The molecule has 2 atom stereocenters. The van der Waals surface area contributed by atoms with Crippen LogP contribution < -0.4 is 5.32 Å². The number of hydrogen-bond acceptors (Lipinski definition) is 3. The Morgan fingerprint density at radius 2 is 2.36 bits per heavy atom. The van der Waals surface area contributed by atoms with Crippen molar-refractivity contribution in [2.75, 3.05) is 5.32 Å². The Labute approximate surface area is 82.0 Å². The maximum atomic E-state index is 13.2. The first kappa shape index (κ1) is 9.40. The molecule has 1 aliphatic rings. The van der Waals surface area contributed by atoms with E-state index in [0.717, 1.165) is 12.8 Å². The predicted octanol–water partition coefficient (Wildman–Crippen LogP) is 1.55. The van der Waals surface area contributed by atoms with Crippen LogP contribution in [0.4, 0.5) is 10.2 Å². The molecule has 0 amide bonds. The van der Waals surface area contributed by atoms with Gasteiger partial charge in [-0.25, -0.2) is 9.37 Å². The molecule has 3 nitrogen and oxygen atoms in total. The predicted molar refractivity (Wildman–Crippen MR) is 51.5 cm³/mol. The van der Waals surface area contributed by atoms with Gasteiger partial charge in [0.2, 0.25) is 0 Å². The minimum absolute atomic E-state index is 0.148. The molecule has 0 bridgehead atoms. The molecular weight excluding hydrogens is 183 g/mol. The molecule has 0 aliphatic heterocycles. The third-order valence-electron chi connectivity index (χ3n) is 2.50. The van der Waals surface area contributed by atoms with E-state index in [1.165, 1.54) is 6.07 Å². The maximum absolute atomic E-state index is 13.2. The SMILES string of the molecule is O[C@@H]1CC[C@H](Nc2ncccc2F)C1. The second kappa shape index (κ2) is 3.92. The number of nitrogens with one attached hydrogen (secondary N) is 1. The minimum atomic E-state index is -0.339. The van der Waals surface area contributed by atoms with Crippen molar-refractivity contribution in [1.29, 1.82) is 0 Å². The Hall–Kier alpha value is -1.16. The van der Waals surface area contributed by atoms with Gasteiger partial charge in [0.15, 0.2) is 11.6 Å². The number of nitrogens with zero attached hydrogens (tertiary/aromatic N) is 1. The molecule has 0 saturated heterocycles. The van der Waals surface area contributed by atoms with Crippen LogP contribution in [0.15, 0.2) is 18.3 Å². The number of aromatic nitrogens is 1. The van der Waals surface area contributed by atoms with E-state index in [1.54, 1.807) is 12.3 Å². The number of aliphatic hydroxyl groups excluding tert-OH is 1. The van der Waals surface area contributed by atoms with Crippen LogP contribution in [0.2, 0.25) is 0 Å². The Morgan fingerprint density at radius 3 is 3.00 bits per heavy atom. The van der Waals surface area contributed by atoms with E-state index in [-0.39, 0.29) is 23.8 Å². The van der Waals surface area contributed by atoms with Crippen molar-refractivity contribution < 1.29 is 9.50 Å². The lowest BCUT2D eigenvalue weighted by molar-refractivity contribution is 0.182. The Kier molecular flexibility index (Phi) is 2.63. The van der Waals surface area contributed by atoms with Crippen LogP contribution in [-0.4, -0.2) is 22.2 Å². The molecule has 1 saturated carbocycles. The van der Waals surface area contributed by atoms with Gasteiger partial charge in [0, 0.05) is 12.2 Å². The van der Waals surface area contributed by atoms with Gasteiger partial charge in [-0.3, -0.25) is 0 Å². The van der Waals surface area contributed by atoms with E-state index in [9.17, 15) is 9.50 Å². The second-order valence-electron chi connectivity index (χ2n) is 3.64. The zero-order valence-electron chi connectivity index (χ0n) is 7.78. The number of rotatable bonds is 2. The number of halogens is 1. The highest BCUT2D eigenvalue weighted by atomic mass is 19.1. The fourth-order valence-corrected chi connectivity index (χ4v) is 1.77. The third kappa shape index (κ3) is 2.01. The first-order valence-corrected chi connectivity index (χ1v) is 4.81. The van der Waals surface area contributed by atoms with Crippen molar-refractivity contribution in [3.05, 3.63) is 24.1 Å². The highest BCUT2D eigenvalue weighted by Gasteiger charge is 2.23. The van der Waals surface area contributed by atoms with Gasteiger partial charge < -0.3 is 10.4 Å². The zero-order chi connectivity index (χ0) is 9.97. The fourth-order valence-electron chi connectivity index (χ4n) is 1.77. The molecule has 1 aliphatic carbocycles. The van der Waals surface area contributed by atoms with Crippen LogP contribution in [0.1, 0.15) is 19.3 Å². The monoisotopic (exact) mass is 196 g/mol. The summed E-state index contributed by atoms with van der Waals surface area (Å²) < 4.78 is 13.2. The van der Waals surface area contributed by atoms with Crippen LogP contribution in [0.3, 0.4) is 0 Å². The van der Waals surface area contributed by atoms with Gasteiger partial charge in [-0.1, -0.05) is 0 Å². The molecule has 2 N–H and O–H groups in total. The minimum Gasteiger partial charge on any atom is -0.393 e. The molecule has 1 aromatic heterocycles. The van der Waals surface area contributed by atoms with E-state index in [1.807, 2.05) is 0 Å². The second-order valence-corrected chi connectivity index (χ2v) is 3.64. The molecule has 14 heavy (non-hydrogen) atoms. The van der Waals surface area contributed by atoms with Crippen molar-refractivity contribution >= 4 is 5.82 Å².